The number of aryl methyl sites for hydroxylation is 2. The SMILES string of the molecule is COc1ccc(NC(=S)N(CCO)Cc2cc3cc(C)c(C)cc3[nH]c2=O)cc1. The number of benzene rings is 2. The van der Waals surface area contributed by atoms with Crippen LogP contribution >= 0.6 is 12.2 Å². The standard InChI is InChI=1S/C22H25N3O3S/c1-14-10-16-12-17(21(27)24-20(16)11-15(14)2)13-25(8-9-26)22(29)23-18-4-6-19(28-3)7-5-18/h4-7,10-12,26H,8-9,13H2,1-3H3,(H,23,29)(H,24,27). The molecule has 152 valence electrons. The Morgan fingerprint density at radius 3 is 2.52 bits per heavy atom. The van der Waals surface area contributed by atoms with E-state index in [-0.39, 0.29) is 12.2 Å². The Labute approximate surface area is 175 Å². The summed E-state index contributed by atoms with van der Waals surface area (Å²) in [6.07, 6.45) is 0. The van der Waals surface area contributed by atoms with Gasteiger partial charge in [0.15, 0.2) is 5.11 Å². The van der Waals surface area contributed by atoms with E-state index in [1.807, 2.05) is 50.2 Å². The summed E-state index contributed by atoms with van der Waals surface area (Å²) in [5.41, 5.74) is 4.35. The minimum absolute atomic E-state index is 0.0752. The van der Waals surface area contributed by atoms with Crippen molar-refractivity contribution in [3.05, 3.63) is 69.5 Å². The van der Waals surface area contributed by atoms with Crippen LogP contribution in [0.1, 0.15) is 16.7 Å². The molecular weight excluding hydrogens is 386 g/mol. The molecule has 6 nitrogen and oxygen atoms in total. The number of anilines is 1. The van der Waals surface area contributed by atoms with Gasteiger partial charge in [-0.3, -0.25) is 4.79 Å². The molecule has 0 atom stereocenters. The molecule has 1 heterocycles. The first-order valence-corrected chi connectivity index (χ1v) is 9.76. The van der Waals surface area contributed by atoms with Gasteiger partial charge in [0.2, 0.25) is 0 Å². The molecule has 3 aromatic rings. The Balaban J connectivity index is 1.83. The molecule has 3 rings (SSSR count). The molecule has 0 aliphatic carbocycles. The average Bonchev–Trinajstić information content (AvgIpc) is 2.70. The van der Waals surface area contributed by atoms with Crippen molar-refractivity contribution in [2.24, 2.45) is 0 Å². The number of nitrogens with one attached hydrogen (secondary N) is 2. The first kappa shape index (κ1) is 20.8. The molecule has 29 heavy (non-hydrogen) atoms. The lowest BCUT2D eigenvalue weighted by molar-refractivity contribution is 0.248. The van der Waals surface area contributed by atoms with Crippen molar-refractivity contribution in [1.29, 1.82) is 0 Å². The molecular formula is C22H25N3O3S. The zero-order chi connectivity index (χ0) is 21.0. The van der Waals surface area contributed by atoms with Crippen LogP contribution in [0.15, 0.2) is 47.3 Å². The third-order valence-corrected chi connectivity index (χ3v) is 5.26. The van der Waals surface area contributed by atoms with E-state index in [1.54, 1.807) is 12.0 Å². The fourth-order valence-corrected chi connectivity index (χ4v) is 3.37. The van der Waals surface area contributed by atoms with Gasteiger partial charge in [0.1, 0.15) is 5.75 Å². The van der Waals surface area contributed by atoms with E-state index in [2.05, 4.69) is 16.4 Å². The second kappa shape index (κ2) is 9.07. The fourth-order valence-electron chi connectivity index (χ4n) is 3.10. The maximum absolute atomic E-state index is 12.6. The number of ether oxygens (including phenoxy) is 1. The van der Waals surface area contributed by atoms with E-state index >= 15 is 0 Å². The highest BCUT2D eigenvalue weighted by molar-refractivity contribution is 7.80. The number of fused-ring (bicyclic) bond motifs is 1. The number of methoxy groups -OCH3 is 1. The number of aliphatic hydroxyl groups excluding tert-OH is 1. The summed E-state index contributed by atoms with van der Waals surface area (Å²) >= 11 is 5.52. The van der Waals surface area contributed by atoms with Gasteiger partial charge in [0.25, 0.3) is 5.56 Å². The predicted octanol–water partition coefficient (Wildman–Crippen LogP) is 3.34. The zero-order valence-corrected chi connectivity index (χ0v) is 17.6. The number of H-pyrrole nitrogens is 1. The van der Waals surface area contributed by atoms with Crippen molar-refractivity contribution in [1.82, 2.24) is 9.88 Å². The van der Waals surface area contributed by atoms with Crippen LogP contribution in [0.3, 0.4) is 0 Å². The molecule has 3 N–H and O–H groups in total. The lowest BCUT2D eigenvalue weighted by atomic mass is 10.0. The Kier molecular flexibility index (Phi) is 6.51. The van der Waals surface area contributed by atoms with Crippen LogP contribution in [0.5, 0.6) is 5.75 Å². The summed E-state index contributed by atoms with van der Waals surface area (Å²) in [6.45, 7) is 4.60. The van der Waals surface area contributed by atoms with Crippen molar-refractivity contribution in [3.8, 4) is 5.75 Å². The van der Waals surface area contributed by atoms with Gasteiger partial charge >= 0.3 is 0 Å². The van der Waals surface area contributed by atoms with E-state index in [1.165, 1.54) is 5.56 Å². The van der Waals surface area contributed by atoms with Crippen molar-refractivity contribution >= 4 is 33.9 Å². The summed E-state index contributed by atoms with van der Waals surface area (Å²) in [7, 11) is 1.61. The summed E-state index contributed by atoms with van der Waals surface area (Å²) in [5, 5.41) is 14.0. The first-order chi connectivity index (χ1) is 13.9. The lowest BCUT2D eigenvalue weighted by Crippen LogP contribution is -2.37. The molecule has 0 aliphatic heterocycles. The van der Waals surface area contributed by atoms with Gasteiger partial charge in [-0.15, -0.1) is 0 Å². The summed E-state index contributed by atoms with van der Waals surface area (Å²) < 4.78 is 5.16. The molecule has 0 unspecified atom stereocenters. The molecule has 0 saturated heterocycles. The number of hydrogen-bond donors (Lipinski definition) is 3. The third kappa shape index (κ3) is 4.93. The van der Waals surface area contributed by atoms with Crippen LogP contribution in [0.4, 0.5) is 5.69 Å². The van der Waals surface area contributed by atoms with Crippen LogP contribution < -0.4 is 15.6 Å². The number of pyridine rings is 1. The van der Waals surface area contributed by atoms with E-state index in [9.17, 15) is 9.90 Å². The number of nitrogens with zero attached hydrogens (tertiary/aromatic N) is 1. The predicted molar refractivity (Wildman–Crippen MR) is 121 cm³/mol. The molecule has 1 aromatic heterocycles. The number of aromatic nitrogens is 1. The Hall–Kier alpha value is -2.90. The highest BCUT2D eigenvalue weighted by Crippen LogP contribution is 2.19. The number of hydrogen-bond acceptors (Lipinski definition) is 4. The second-order valence-corrected chi connectivity index (χ2v) is 7.34. The Bertz CT molecular complexity index is 1080. The minimum atomic E-state index is -0.157. The van der Waals surface area contributed by atoms with Gasteiger partial charge in [-0.1, -0.05) is 0 Å². The van der Waals surface area contributed by atoms with Crippen LogP contribution in [-0.2, 0) is 6.54 Å². The maximum Gasteiger partial charge on any atom is 0.253 e. The highest BCUT2D eigenvalue weighted by Gasteiger charge is 2.14. The molecule has 0 bridgehead atoms. The maximum atomic E-state index is 12.6. The van der Waals surface area contributed by atoms with Crippen LogP contribution in [0.25, 0.3) is 10.9 Å². The number of thiocarbonyl (C=S) groups is 1. The van der Waals surface area contributed by atoms with Crippen LogP contribution in [0, 0.1) is 13.8 Å². The van der Waals surface area contributed by atoms with Gasteiger partial charge in [0, 0.05) is 23.3 Å². The topological polar surface area (TPSA) is 77.6 Å². The van der Waals surface area contributed by atoms with Gasteiger partial charge in [-0.2, -0.15) is 0 Å². The quantitative estimate of drug-likeness (QED) is 0.540. The minimum Gasteiger partial charge on any atom is -0.497 e. The number of aliphatic hydroxyl groups is 1. The molecule has 0 aliphatic rings. The summed E-state index contributed by atoms with van der Waals surface area (Å²) in [6, 6.07) is 13.3. The molecule has 0 saturated carbocycles. The Morgan fingerprint density at radius 1 is 1.17 bits per heavy atom. The van der Waals surface area contributed by atoms with E-state index in [0.29, 0.717) is 23.8 Å². The smallest absolute Gasteiger partial charge is 0.253 e. The zero-order valence-electron chi connectivity index (χ0n) is 16.8. The van der Waals surface area contributed by atoms with Crippen molar-refractivity contribution in [2.75, 3.05) is 25.6 Å². The average molecular weight is 412 g/mol. The monoisotopic (exact) mass is 411 g/mol. The van der Waals surface area contributed by atoms with Gasteiger partial charge in [0.05, 0.1) is 20.3 Å². The second-order valence-electron chi connectivity index (χ2n) is 6.95. The molecule has 7 heteroatoms. The van der Waals surface area contributed by atoms with Gasteiger partial charge in [-0.25, -0.2) is 0 Å². The largest absolute Gasteiger partial charge is 0.497 e. The molecule has 0 spiro atoms. The van der Waals surface area contributed by atoms with Crippen LogP contribution in [-0.4, -0.2) is 40.4 Å². The van der Waals surface area contributed by atoms with Gasteiger partial charge in [-0.05, 0) is 85.0 Å². The van der Waals surface area contributed by atoms with E-state index in [0.717, 1.165) is 27.9 Å². The summed E-state index contributed by atoms with van der Waals surface area (Å²) in [4.78, 5) is 17.3. The molecule has 0 radical (unpaired) electrons. The highest BCUT2D eigenvalue weighted by atomic mass is 32.1. The lowest BCUT2D eigenvalue weighted by Gasteiger charge is -2.25. The normalized spacial score (nSPS) is 10.8. The molecule has 0 fully saturated rings. The van der Waals surface area contributed by atoms with E-state index < -0.39 is 0 Å². The third-order valence-electron chi connectivity index (χ3n) is 4.90. The van der Waals surface area contributed by atoms with Crippen molar-refractivity contribution in [2.45, 2.75) is 20.4 Å². The van der Waals surface area contributed by atoms with Crippen molar-refractivity contribution < 1.29 is 9.84 Å². The first-order valence-electron chi connectivity index (χ1n) is 9.35. The van der Waals surface area contributed by atoms with Gasteiger partial charge < -0.3 is 25.0 Å². The summed E-state index contributed by atoms with van der Waals surface area (Å²) in [5.74, 6) is 0.752. The fraction of sp³-hybridized carbons (Fsp3) is 0.273. The molecule has 2 aromatic carbocycles. The van der Waals surface area contributed by atoms with E-state index in [4.69, 9.17) is 17.0 Å². The Morgan fingerprint density at radius 2 is 1.86 bits per heavy atom. The van der Waals surface area contributed by atoms with Crippen molar-refractivity contribution in [3.63, 3.8) is 0 Å². The molecule has 0 amide bonds. The number of rotatable bonds is 6. The number of aromatic amines is 1. The van der Waals surface area contributed by atoms with Crippen LogP contribution in [0.2, 0.25) is 0 Å².